The second-order valence-corrected chi connectivity index (χ2v) is 8.95. The number of amides is 2. The van der Waals surface area contributed by atoms with Gasteiger partial charge in [-0.1, -0.05) is 18.5 Å². The number of piperidine rings is 1. The Kier molecular flexibility index (Phi) is 5.00. The van der Waals surface area contributed by atoms with Gasteiger partial charge in [-0.3, -0.25) is 9.59 Å². The van der Waals surface area contributed by atoms with Crippen LogP contribution in [0.15, 0.2) is 18.2 Å². The summed E-state index contributed by atoms with van der Waals surface area (Å²) in [6, 6.07) is 3.94. The molecule has 1 heterocycles. The van der Waals surface area contributed by atoms with E-state index in [9.17, 15) is 14.0 Å². The molecule has 2 amide bonds. The van der Waals surface area contributed by atoms with Crippen LogP contribution in [0.25, 0.3) is 0 Å². The third kappa shape index (κ3) is 3.70. The van der Waals surface area contributed by atoms with E-state index in [2.05, 4.69) is 22.9 Å². The van der Waals surface area contributed by atoms with Crippen molar-refractivity contribution in [2.45, 2.75) is 56.1 Å². The van der Waals surface area contributed by atoms with E-state index in [1.54, 1.807) is 0 Å². The third-order valence-corrected chi connectivity index (χ3v) is 6.44. The Hall–Kier alpha value is -1.86. The lowest BCUT2D eigenvalue weighted by atomic mass is 9.44. The minimum Gasteiger partial charge on any atom is -0.484 e. The van der Waals surface area contributed by atoms with Crippen molar-refractivity contribution in [3.05, 3.63) is 29.0 Å². The summed E-state index contributed by atoms with van der Waals surface area (Å²) in [7, 11) is 0. The van der Waals surface area contributed by atoms with E-state index in [1.807, 2.05) is 0 Å². The lowest BCUT2D eigenvalue weighted by Gasteiger charge is -2.70. The van der Waals surface area contributed by atoms with Crippen LogP contribution in [0.4, 0.5) is 4.39 Å². The molecule has 28 heavy (non-hydrogen) atoms. The summed E-state index contributed by atoms with van der Waals surface area (Å²) in [6.45, 7) is 2.80. The molecule has 0 spiro atoms. The number of hydrogen-bond donors (Lipinski definition) is 3. The number of carbonyl (C=O) groups is 2. The highest BCUT2D eigenvalue weighted by Crippen LogP contribution is 2.60. The number of nitrogens with one attached hydrogen (secondary N) is 3. The van der Waals surface area contributed by atoms with Gasteiger partial charge in [0.25, 0.3) is 5.91 Å². The van der Waals surface area contributed by atoms with Crippen molar-refractivity contribution in [2.75, 3.05) is 13.2 Å². The Bertz CT molecular complexity index is 783. The zero-order valence-electron chi connectivity index (χ0n) is 15.8. The van der Waals surface area contributed by atoms with Crippen LogP contribution in [0, 0.1) is 11.7 Å². The van der Waals surface area contributed by atoms with Gasteiger partial charge in [0.2, 0.25) is 5.91 Å². The fourth-order valence-corrected chi connectivity index (χ4v) is 4.96. The van der Waals surface area contributed by atoms with Crippen molar-refractivity contribution in [1.29, 1.82) is 0 Å². The predicted molar refractivity (Wildman–Crippen MR) is 103 cm³/mol. The zero-order chi connectivity index (χ0) is 19.9. The molecule has 2 bridgehead atoms. The molecule has 4 aliphatic rings. The highest BCUT2D eigenvalue weighted by molar-refractivity contribution is 6.30. The molecule has 2 unspecified atom stereocenters. The van der Waals surface area contributed by atoms with Crippen LogP contribution in [-0.2, 0) is 9.59 Å². The van der Waals surface area contributed by atoms with Gasteiger partial charge < -0.3 is 20.7 Å². The molecule has 4 fully saturated rings. The zero-order valence-corrected chi connectivity index (χ0v) is 16.6. The smallest absolute Gasteiger partial charge is 0.258 e. The lowest BCUT2D eigenvalue weighted by molar-refractivity contribution is -0.152. The maximum Gasteiger partial charge on any atom is 0.258 e. The molecule has 1 saturated heterocycles. The van der Waals surface area contributed by atoms with Crippen LogP contribution in [-0.4, -0.2) is 42.1 Å². The third-order valence-electron chi connectivity index (χ3n) is 6.14. The van der Waals surface area contributed by atoms with Gasteiger partial charge in [-0.15, -0.1) is 0 Å². The molecule has 2 atom stereocenters. The van der Waals surface area contributed by atoms with E-state index in [4.69, 9.17) is 16.3 Å². The summed E-state index contributed by atoms with van der Waals surface area (Å²) >= 11 is 5.62. The normalized spacial score (nSPS) is 33.2. The minimum absolute atomic E-state index is 0.0100. The molecule has 152 valence electrons. The molecule has 8 heteroatoms. The molecular weight excluding hydrogens is 385 g/mol. The summed E-state index contributed by atoms with van der Waals surface area (Å²) in [5.74, 6) is -0.173. The highest BCUT2D eigenvalue weighted by Gasteiger charge is 2.69. The summed E-state index contributed by atoms with van der Waals surface area (Å²) in [5.41, 5.74) is -0.423. The van der Waals surface area contributed by atoms with Crippen LogP contribution in [0.2, 0.25) is 5.02 Å². The van der Waals surface area contributed by atoms with Gasteiger partial charge in [0.05, 0.1) is 11.1 Å². The van der Waals surface area contributed by atoms with Gasteiger partial charge in [-0.25, -0.2) is 4.39 Å². The molecule has 3 N–H and O–H groups in total. The fraction of sp³-hybridized carbons (Fsp3) is 0.600. The van der Waals surface area contributed by atoms with Crippen molar-refractivity contribution < 1.29 is 18.7 Å². The highest BCUT2D eigenvalue weighted by atomic mass is 35.5. The number of benzene rings is 1. The van der Waals surface area contributed by atoms with Crippen molar-refractivity contribution >= 4 is 23.4 Å². The number of carbonyl (C=O) groups excluding carboxylic acids is 2. The lowest BCUT2D eigenvalue weighted by Crippen LogP contribution is -2.84. The molecule has 1 aromatic carbocycles. The number of hydrogen-bond acceptors (Lipinski definition) is 4. The summed E-state index contributed by atoms with van der Waals surface area (Å²) in [5, 5.41) is 9.49. The van der Waals surface area contributed by atoms with E-state index in [1.165, 1.54) is 12.1 Å². The standard InChI is InChI=1S/C20H25ClFN3O3/c1-12-3-2-6-23-17(12)18(27)25-20-9-19(10-20,11-20)24-16(26)8-28-13-4-5-14(21)15(22)7-13/h4-5,7,12,17,23H,2-3,6,8-11H2,1H3,(H,24,26)(H,25,27). The van der Waals surface area contributed by atoms with Crippen molar-refractivity contribution in [3.63, 3.8) is 0 Å². The molecule has 5 rings (SSSR count). The van der Waals surface area contributed by atoms with Gasteiger partial charge in [0.1, 0.15) is 11.6 Å². The quantitative estimate of drug-likeness (QED) is 0.672. The number of ether oxygens (including phenoxy) is 1. The van der Waals surface area contributed by atoms with E-state index >= 15 is 0 Å². The fourth-order valence-electron chi connectivity index (χ4n) is 4.84. The van der Waals surface area contributed by atoms with Crippen LogP contribution in [0.1, 0.15) is 39.0 Å². The average molecular weight is 410 g/mol. The average Bonchev–Trinajstić information content (AvgIpc) is 2.60. The molecule has 3 saturated carbocycles. The Morgan fingerprint density at radius 2 is 2.00 bits per heavy atom. The van der Waals surface area contributed by atoms with E-state index in [0.29, 0.717) is 5.92 Å². The van der Waals surface area contributed by atoms with Gasteiger partial charge >= 0.3 is 0 Å². The minimum atomic E-state index is -0.585. The molecule has 0 radical (unpaired) electrons. The molecular formula is C20H25ClFN3O3. The second kappa shape index (κ2) is 7.19. The molecule has 3 aliphatic carbocycles. The molecule has 6 nitrogen and oxygen atoms in total. The van der Waals surface area contributed by atoms with E-state index in [0.717, 1.165) is 44.7 Å². The van der Waals surface area contributed by atoms with Crippen molar-refractivity contribution in [2.24, 2.45) is 5.92 Å². The van der Waals surface area contributed by atoms with Crippen LogP contribution >= 0.6 is 11.6 Å². The Morgan fingerprint density at radius 3 is 2.68 bits per heavy atom. The first kappa shape index (κ1) is 19.5. The summed E-state index contributed by atoms with van der Waals surface area (Å²) in [4.78, 5) is 24.7. The topological polar surface area (TPSA) is 79.5 Å². The molecule has 1 aromatic rings. The summed E-state index contributed by atoms with van der Waals surface area (Å²) < 4.78 is 18.7. The van der Waals surface area contributed by atoms with Gasteiger partial charge in [-0.05, 0) is 56.7 Å². The maximum atomic E-state index is 13.4. The Labute approximate surface area is 168 Å². The Morgan fingerprint density at radius 1 is 1.29 bits per heavy atom. The van der Waals surface area contributed by atoms with Crippen LogP contribution < -0.4 is 20.7 Å². The van der Waals surface area contributed by atoms with Crippen molar-refractivity contribution in [1.82, 2.24) is 16.0 Å². The number of rotatable bonds is 6. The largest absolute Gasteiger partial charge is 0.484 e. The summed E-state index contributed by atoms with van der Waals surface area (Å²) in [6.07, 6.45) is 4.40. The number of halogens is 2. The SMILES string of the molecule is CC1CCCNC1C(=O)NC12CC(NC(=O)COc3ccc(Cl)c(F)c3)(C1)C2. The first-order valence-electron chi connectivity index (χ1n) is 9.74. The first-order valence-corrected chi connectivity index (χ1v) is 10.1. The monoisotopic (exact) mass is 409 g/mol. The molecule has 0 aromatic heterocycles. The van der Waals surface area contributed by atoms with Crippen LogP contribution in [0.5, 0.6) is 5.75 Å². The Balaban J connectivity index is 1.21. The van der Waals surface area contributed by atoms with Crippen LogP contribution in [0.3, 0.4) is 0 Å². The second-order valence-electron chi connectivity index (χ2n) is 8.54. The van der Waals surface area contributed by atoms with Crippen molar-refractivity contribution in [3.8, 4) is 5.75 Å². The van der Waals surface area contributed by atoms with Gasteiger partial charge in [-0.2, -0.15) is 0 Å². The van der Waals surface area contributed by atoms with Gasteiger partial charge in [0, 0.05) is 17.1 Å². The first-order chi connectivity index (χ1) is 13.3. The predicted octanol–water partition coefficient (Wildman–Crippen LogP) is 2.15. The maximum absolute atomic E-state index is 13.4. The van der Waals surface area contributed by atoms with Gasteiger partial charge in [0.15, 0.2) is 6.61 Å². The van der Waals surface area contributed by atoms with E-state index < -0.39 is 5.82 Å². The molecule has 1 aliphatic heterocycles. The van der Waals surface area contributed by atoms with E-state index in [-0.39, 0.29) is 46.3 Å².